The predicted octanol–water partition coefficient (Wildman–Crippen LogP) is 2.42. The summed E-state index contributed by atoms with van der Waals surface area (Å²) in [4.78, 5) is 15.9. The molecular weight excluding hydrogens is 427 g/mol. The van der Waals surface area contributed by atoms with Crippen molar-refractivity contribution in [3.8, 4) is 0 Å². The van der Waals surface area contributed by atoms with Crippen LogP contribution in [0.2, 0.25) is 0 Å². The van der Waals surface area contributed by atoms with E-state index in [1.54, 1.807) is 7.05 Å². The molecule has 0 atom stereocenters. The van der Waals surface area contributed by atoms with E-state index in [-0.39, 0.29) is 41.2 Å². The third-order valence-corrected chi connectivity index (χ3v) is 5.18. The minimum atomic E-state index is 0. The van der Waals surface area contributed by atoms with Crippen molar-refractivity contribution < 1.29 is 4.79 Å². The number of nitrogens with zero attached hydrogens (tertiary/aromatic N) is 1. The minimum absolute atomic E-state index is 0. The van der Waals surface area contributed by atoms with Crippen molar-refractivity contribution in [2.45, 2.75) is 37.5 Å². The Balaban J connectivity index is 0.00000225. The summed E-state index contributed by atoms with van der Waals surface area (Å²) in [6.07, 6.45) is 5.82. The topological polar surface area (TPSA) is 65.5 Å². The van der Waals surface area contributed by atoms with Crippen molar-refractivity contribution in [3.05, 3.63) is 35.9 Å². The maximum atomic E-state index is 11.6. The van der Waals surface area contributed by atoms with Gasteiger partial charge in [0.2, 0.25) is 5.91 Å². The van der Waals surface area contributed by atoms with Crippen LogP contribution in [0, 0.1) is 5.92 Å². The van der Waals surface area contributed by atoms with Gasteiger partial charge in [-0.15, -0.1) is 24.0 Å². The number of amides is 1. The number of guanidine groups is 1. The summed E-state index contributed by atoms with van der Waals surface area (Å²) in [7, 11) is 1.79. The van der Waals surface area contributed by atoms with E-state index in [2.05, 4.69) is 51.3 Å². The van der Waals surface area contributed by atoms with E-state index in [1.807, 2.05) is 0 Å². The van der Waals surface area contributed by atoms with E-state index in [9.17, 15) is 4.79 Å². The zero-order valence-corrected chi connectivity index (χ0v) is 17.2. The average molecular weight is 456 g/mol. The zero-order valence-electron chi connectivity index (χ0n) is 14.9. The maximum Gasteiger partial charge on any atom is 0.223 e. The molecule has 6 heteroatoms. The van der Waals surface area contributed by atoms with Crippen LogP contribution < -0.4 is 16.0 Å². The lowest BCUT2D eigenvalue weighted by atomic mass is 9.64. The van der Waals surface area contributed by atoms with Crippen LogP contribution in [0.5, 0.6) is 0 Å². The number of nitrogens with one attached hydrogen (secondary N) is 3. The van der Waals surface area contributed by atoms with Gasteiger partial charge in [-0.25, -0.2) is 0 Å². The van der Waals surface area contributed by atoms with Gasteiger partial charge in [-0.3, -0.25) is 9.79 Å². The first kappa shape index (κ1) is 20.0. The van der Waals surface area contributed by atoms with Gasteiger partial charge >= 0.3 is 0 Å². The zero-order chi connectivity index (χ0) is 16.8. The van der Waals surface area contributed by atoms with Crippen molar-refractivity contribution in [1.82, 2.24) is 16.0 Å². The van der Waals surface area contributed by atoms with Gasteiger partial charge in [0.1, 0.15) is 0 Å². The first-order chi connectivity index (χ1) is 11.7. The molecule has 1 aromatic carbocycles. The summed E-state index contributed by atoms with van der Waals surface area (Å²) in [5, 5.41) is 9.70. The summed E-state index contributed by atoms with van der Waals surface area (Å²) >= 11 is 0. The third-order valence-electron chi connectivity index (χ3n) is 5.18. The highest BCUT2D eigenvalue weighted by Gasteiger charge is 2.38. The number of carbonyl (C=O) groups is 1. The standard InChI is InChI=1S/C19H28N4O.HI/c1-20-18(22-13-12-21-17(24)15-8-9-15)23-14-19(10-5-11-19)16-6-3-2-4-7-16;/h2-4,6-7,15H,5,8-14H2,1H3,(H,21,24)(H2,20,22,23);1H. The van der Waals surface area contributed by atoms with Gasteiger partial charge in [0.25, 0.3) is 0 Å². The molecule has 138 valence electrons. The fourth-order valence-corrected chi connectivity index (χ4v) is 3.29. The van der Waals surface area contributed by atoms with E-state index in [1.165, 1.54) is 24.8 Å². The van der Waals surface area contributed by atoms with Crippen molar-refractivity contribution >= 4 is 35.8 Å². The van der Waals surface area contributed by atoms with E-state index in [0.717, 1.165) is 25.3 Å². The van der Waals surface area contributed by atoms with Crippen LogP contribution in [0.15, 0.2) is 35.3 Å². The highest BCUT2D eigenvalue weighted by molar-refractivity contribution is 14.0. The Morgan fingerprint density at radius 3 is 2.36 bits per heavy atom. The van der Waals surface area contributed by atoms with Crippen molar-refractivity contribution in [2.24, 2.45) is 10.9 Å². The number of halogens is 1. The molecule has 25 heavy (non-hydrogen) atoms. The second-order valence-electron chi connectivity index (χ2n) is 6.92. The Morgan fingerprint density at radius 1 is 1.12 bits per heavy atom. The fourth-order valence-electron chi connectivity index (χ4n) is 3.29. The van der Waals surface area contributed by atoms with Gasteiger partial charge in [0, 0.05) is 38.0 Å². The number of hydrogen-bond donors (Lipinski definition) is 3. The summed E-state index contributed by atoms with van der Waals surface area (Å²) in [5.41, 5.74) is 1.65. The highest BCUT2D eigenvalue weighted by Crippen LogP contribution is 2.43. The van der Waals surface area contributed by atoms with Crippen LogP contribution >= 0.6 is 24.0 Å². The van der Waals surface area contributed by atoms with Gasteiger partial charge in [0.05, 0.1) is 0 Å². The molecule has 2 fully saturated rings. The highest BCUT2D eigenvalue weighted by atomic mass is 127. The molecule has 2 aliphatic rings. The molecule has 0 spiro atoms. The Labute approximate surface area is 167 Å². The maximum absolute atomic E-state index is 11.6. The van der Waals surface area contributed by atoms with Gasteiger partial charge in [-0.2, -0.15) is 0 Å². The molecule has 0 unspecified atom stereocenters. The van der Waals surface area contributed by atoms with Gasteiger partial charge in [0.15, 0.2) is 5.96 Å². The quantitative estimate of drug-likeness (QED) is 0.256. The molecular formula is C19H29IN4O. The molecule has 3 rings (SSSR count). The second-order valence-corrected chi connectivity index (χ2v) is 6.92. The van der Waals surface area contributed by atoms with Crippen LogP contribution in [0.25, 0.3) is 0 Å². The number of benzene rings is 1. The fraction of sp³-hybridized carbons (Fsp3) is 0.579. The summed E-state index contributed by atoms with van der Waals surface area (Å²) in [6.45, 7) is 2.22. The molecule has 2 saturated carbocycles. The van der Waals surface area contributed by atoms with E-state index >= 15 is 0 Å². The van der Waals surface area contributed by atoms with Gasteiger partial charge in [-0.05, 0) is 31.2 Å². The monoisotopic (exact) mass is 456 g/mol. The first-order valence-corrected chi connectivity index (χ1v) is 9.01. The number of rotatable bonds is 7. The molecule has 5 nitrogen and oxygen atoms in total. The molecule has 1 amide bonds. The SMILES string of the molecule is CN=C(NCCNC(=O)C1CC1)NCC1(c2ccccc2)CCC1.I. The van der Waals surface area contributed by atoms with Crippen molar-refractivity contribution in [3.63, 3.8) is 0 Å². The third kappa shape index (κ3) is 5.33. The van der Waals surface area contributed by atoms with Crippen molar-refractivity contribution in [2.75, 3.05) is 26.7 Å². The molecule has 3 N–H and O–H groups in total. The number of carbonyl (C=O) groups excluding carboxylic acids is 1. The molecule has 0 aromatic heterocycles. The van der Waals surface area contributed by atoms with E-state index in [4.69, 9.17) is 0 Å². The van der Waals surface area contributed by atoms with Gasteiger partial charge in [-0.1, -0.05) is 36.8 Å². The Bertz CT molecular complexity index is 582. The van der Waals surface area contributed by atoms with Crippen LogP contribution in [-0.2, 0) is 10.2 Å². The number of aliphatic imine (C=N–C) groups is 1. The Hall–Kier alpha value is -1.31. The Kier molecular flexibility index (Phi) is 7.53. The van der Waals surface area contributed by atoms with Gasteiger partial charge < -0.3 is 16.0 Å². The molecule has 0 saturated heterocycles. The van der Waals surface area contributed by atoms with Crippen molar-refractivity contribution in [1.29, 1.82) is 0 Å². The van der Waals surface area contributed by atoms with E-state index < -0.39 is 0 Å². The molecule has 2 aliphatic carbocycles. The van der Waals surface area contributed by atoms with Crippen LogP contribution in [0.1, 0.15) is 37.7 Å². The largest absolute Gasteiger partial charge is 0.356 e. The minimum Gasteiger partial charge on any atom is -0.356 e. The molecule has 0 heterocycles. The smallest absolute Gasteiger partial charge is 0.223 e. The summed E-state index contributed by atoms with van der Waals surface area (Å²) in [5.74, 6) is 1.27. The lowest BCUT2D eigenvalue weighted by Crippen LogP contribution is -2.49. The lowest BCUT2D eigenvalue weighted by Gasteiger charge is -2.43. The first-order valence-electron chi connectivity index (χ1n) is 9.01. The molecule has 0 radical (unpaired) electrons. The summed E-state index contributed by atoms with van der Waals surface area (Å²) in [6, 6.07) is 10.8. The van der Waals surface area contributed by atoms with Crippen LogP contribution in [0.4, 0.5) is 0 Å². The van der Waals surface area contributed by atoms with Crippen LogP contribution in [-0.4, -0.2) is 38.5 Å². The molecule has 0 aliphatic heterocycles. The molecule has 0 bridgehead atoms. The predicted molar refractivity (Wildman–Crippen MR) is 112 cm³/mol. The average Bonchev–Trinajstić information content (AvgIpc) is 3.41. The second kappa shape index (κ2) is 9.40. The Morgan fingerprint density at radius 2 is 1.80 bits per heavy atom. The lowest BCUT2D eigenvalue weighted by molar-refractivity contribution is -0.122. The molecule has 1 aromatic rings. The van der Waals surface area contributed by atoms with Crippen LogP contribution in [0.3, 0.4) is 0 Å². The summed E-state index contributed by atoms with van der Waals surface area (Å²) < 4.78 is 0. The van der Waals surface area contributed by atoms with E-state index in [0.29, 0.717) is 13.1 Å². The number of hydrogen-bond acceptors (Lipinski definition) is 2. The normalized spacial score (nSPS) is 18.5.